The van der Waals surface area contributed by atoms with E-state index in [1.165, 1.54) is 31.7 Å². The minimum absolute atomic E-state index is 0.151. The van der Waals surface area contributed by atoms with E-state index in [0.717, 1.165) is 38.2 Å². The molecule has 1 aromatic heterocycles. The van der Waals surface area contributed by atoms with Gasteiger partial charge in [0.05, 0.1) is 12.2 Å². The molecule has 162 valence electrons. The van der Waals surface area contributed by atoms with Crippen LogP contribution in [0.25, 0.3) is 11.4 Å². The second kappa shape index (κ2) is 11.8. The standard InChI is InChI=1S/C22H31F3N2O2/c1-3-5-7-8-9-10-11-15-28-19-14-13-17(16-18(19)22(23,24)25)21-26-20(29-27-21)12-6-4-2/h13-14,16H,3-12,15H2,1-2H3. The third-order valence-electron chi connectivity index (χ3n) is 4.76. The lowest BCUT2D eigenvalue weighted by Crippen LogP contribution is -2.10. The number of aryl methyl sites for hydroxylation is 1. The van der Waals surface area contributed by atoms with E-state index in [1.807, 2.05) is 6.92 Å². The molecule has 1 heterocycles. The zero-order valence-corrected chi connectivity index (χ0v) is 17.4. The van der Waals surface area contributed by atoms with E-state index < -0.39 is 11.7 Å². The fraction of sp³-hybridized carbons (Fsp3) is 0.636. The minimum atomic E-state index is -4.51. The Morgan fingerprint density at radius 2 is 1.62 bits per heavy atom. The molecule has 0 saturated carbocycles. The summed E-state index contributed by atoms with van der Waals surface area (Å²) in [5.41, 5.74) is -0.537. The molecule has 0 aliphatic carbocycles. The number of alkyl halides is 3. The number of hydrogen-bond donors (Lipinski definition) is 0. The molecular weight excluding hydrogens is 381 g/mol. The average Bonchev–Trinajstić information content (AvgIpc) is 3.16. The number of rotatable bonds is 13. The van der Waals surface area contributed by atoms with E-state index >= 15 is 0 Å². The van der Waals surface area contributed by atoms with Crippen molar-refractivity contribution in [2.45, 2.75) is 84.2 Å². The van der Waals surface area contributed by atoms with Crippen molar-refractivity contribution in [1.82, 2.24) is 10.1 Å². The highest BCUT2D eigenvalue weighted by molar-refractivity contribution is 5.59. The summed E-state index contributed by atoms with van der Waals surface area (Å²) >= 11 is 0. The molecule has 0 amide bonds. The monoisotopic (exact) mass is 412 g/mol. The summed E-state index contributed by atoms with van der Waals surface area (Å²) in [6, 6.07) is 3.93. The van der Waals surface area contributed by atoms with Crippen LogP contribution in [0.15, 0.2) is 22.7 Å². The van der Waals surface area contributed by atoms with Crippen molar-refractivity contribution in [3.05, 3.63) is 29.7 Å². The molecule has 29 heavy (non-hydrogen) atoms. The van der Waals surface area contributed by atoms with Gasteiger partial charge < -0.3 is 9.26 Å². The third kappa shape index (κ3) is 7.71. The number of hydrogen-bond acceptors (Lipinski definition) is 4. The Labute approximate surface area is 170 Å². The van der Waals surface area contributed by atoms with E-state index in [1.54, 1.807) is 6.07 Å². The minimum Gasteiger partial charge on any atom is -0.493 e. The summed E-state index contributed by atoms with van der Waals surface area (Å²) in [4.78, 5) is 4.20. The summed E-state index contributed by atoms with van der Waals surface area (Å²) in [5, 5.41) is 3.81. The summed E-state index contributed by atoms with van der Waals surface area (Å²) in [5.74, 6) is 0.455. The number of benzene rings is 1. The number of aromatic nitrogens is 2. The Bertz CT molecular complexity index is 729. The van der Waals surface area contributed by atoms with Crippen LogP contribution in [0, 0.1) is 0 Å². The average molecular weight is 412 g/mol. The molecule has 2 aromatic rings. The van der Waals surface area contributed by atoms with Crippen molar-refractivity contribution in [3.63, 3.8) is 0 Å². The lowest BCUT2D eigenvalue weighted by atomic mass is 10.1. The van der Waals surface area contributed by atoms with Gasteiger partial charge in [-0.3, -0.25) is 0 Å². The van der Waals surface area contributed by atoms with Crippen molar-refractivity contribution >= 4 is 0 Å². The largest absolute Gasteiger partial charge is 0.493 e. The smallest absolute Gasteiger partial charge is 0.419 e. The highest BCUT2D eigenvalue weighted by atomic mass is 19.4. The molecule has 7 heteroatoms. The predicted molar refractivity (Wildman–Crippen MR) is 107 cm³/mol. The first kappa shape index (κ1) is 23.2. The highest BCUT2D eigenvalue weighted by Gasteiger charge is 2.35. The molecule has 1 aromatic carbocycles. The van der Waals surface area contributed by atoms with E-state index in [4.69, 9.17) is 9.26 Å². The van der Waals surface area contributed by atoms with Gasteiger partial charge in [-0.05, 0) is 31.0 Å². The van der Waals surface area contributed by atoms with Gasteiger partial charge in [0.2, 0.25) is 11.7 Å². The molecule has 0 N–H and O–H groups in total. The quantitative estimate of drug-likeness (QED) is 0.326. The maximum Gasteiger partial charge on any atom is 0.419 e. The van der Waals surface area contributed by atoms with Crippen LogP contribution >= 0.6 is 0 Å². The number of unbranched alkanes of at least 4 members (excludes halogenated alkanes) is 7. The van der Waals surface area contributed by atoms with Crippen molar-refractivity contribution in [2.75, 3.05) is 6.61 Å². The van der Waals surface area contributed by atoms with E-state index in [2.05, 4.69) is 17.1 Å². The van der Waals surface area contributed by atoms with Gasteiger partial charge in [0, 0.05) is 12.0 Å². The lowest BCUT2D eigenvalue weighted by Gasteiger charge is -2.14. The van der Waals surface area contributed by atoms with Gasteiger partial charge >= 0.3 is 6.18 Å². The van der Waals surface area contributed by atoms with Crippen LogP contribution in [0.5, 0.6) is 5.75 Å². The molecule has 4 nitrogen and oxygen atoms in total. The van der Waals surface area contributed by atoms with Crippen LogP contribution < -0.4 is 4.74 Å². The molecule has 0 radical (unpaired) electrons. The fourth-order valence-corrected chi connectivity index (χ4v) is 3.06. The second-order valence-corrected chi connectivity index (χ2v) is 7.29. The topological polar surface area (TPSA) is 48.2 Å². The summed E-state index contributed by atoms with van der Waals surface area (Å²) in [7, 11) is 0. The zero-order chi connectivity index (χ0) is 21.1. The summed E-state index contributed by atoms with van der Waals surface area (Å²) < 4.78 is 51.1. The van der Waals surface area contributed by atoms with Crippen molar-refractivity contribution in [2.24, 2.45) is 0 Å². The first-order valence-electron chi connectivity index (χ1n) is 10.6. The zero-order valence-electron chi connectivity index (χ0n) is 17.4. The Morgan fingerprint density at radius 3 is 2.31 bits per heavy atom. The Morgan fingerprint density at radius 1 is 0.931 bits per heavy atom. The molecule has 0 unspecified atom stereocenters. The molecular formula is C22H31F3N2O2. The van der Waals surface area contributed by atoms with Crippen LogP contribution in [0.4, 0.5) is 13.2 Å². The fourth-order valence-electron chi connectivity index (χ4n) is 3.06. The SMILES string of the molecule is CCCCCCCCCOc1ccc(-c2noc(CCCC)n2)cc1C(F)(F)F. The number of nitrogens with zero attached hydrogens (tertiary/aromatic N) is 2. The molecule has 0 aliphatic rings. The van der Waals surface area contributed by atoms with Crippen molar-refractivity contribution < 1.29 is 22.4 Å². The van der Waals surface area contributed by atoms with Gasteiger partial charge in [-0.1, -0.05) is 63.9 Å². The maximum absolute atomic E-state index is 13.5. The number of halogens is 3. The Kier molecular flexibility index (Phi) is 9.48. The molecule has 0 saturated heterocycles. The highest BCUT2D eigenvalue weighted by Crippen LogP contribution is 2.38. The summed E-state index contributed by atoms with van der Waals surface area (Å²) in [6.45, 7) is 4.49. The first-order chi connectivity index (χ1) is 14.0. The maximum atomic E-state index is 13.5. The van der Waals surface area contributed by atoms with Gasteiger partial charge in [-0.15, -0.1) is 0 Å². The van der Waals surface area contributed by atoms with E-state index in [-0.39, 0.29) is 23.7 Å². The second-order valence-electron chi connectivity index (χ2n) is 7.29. The van der Waals surface area contributed by atoms with Crippen LogP contribution in [0.3, 0.4) is 0 Å². The number of ether oxygens (including phenoxy) is 1. The molecule has 0 aliphatic heterocycles. The lowest BCUT2D eigenvalue weighted by molar-refractivity contribution is -0.138. The first-order valence-corrected chi connectivity index (χ1v) is 10.6. The van der Waals surface area contributed by atoms with E-state index in [0.29, 0.717) is 12.3 Å². The molecule has 0 spiro atoms. The van der Waals surface area contributed by atoms with Crippen LogP contribution in [0.1, 0.15) is 83.1 Å². The third-order valence-corrected chi connectivity index (χ3v) is 4.76. The predicted octanol–water partition coefficient (Wildman–Crippen LogP) is 7.23. The van der Waals surface area contributed by atoms with Crippen LogP contribution in [-0.2, 0) is 12.6 Å². The summed E-state index contributed by atoms with van der Waals surface area (Å²) in [6.07, 6.45) is 5.59. The molecule has 2 rings (SSSR count). The van der Waals surface area contributed by atoms with Gasteiger partial charge in [0.25, 0.3) is 0 Å². The van der Waals surface area contributed by atoms with Gasteiger partial charge in [0.1, 0.15) is 5.75 Å². The van der Waals surface area contributed by atoms with Gasteiger partial charge in [-0.25, -0.2) is 0 Å². The van der Waals surface area contributed by atoms with Crippen molar-refractivity contribution in [1.29, 1.82) is 0 Å². The molecule has 0 bridgehead atoms. The molecule has 0 fully saturated rings. The van der Waals surface area contributed by atoms with Gasteiger partial charge in [-0.2, -0.15) is 18.2 Å². The van der Waals surface area contributed by atoms with Gasteiger partial charge in [0.15, 0.2) is 0 Å². The molecule has 0 atom stereocenters. The van der Waals surface area contributed by atoms with E-state index in [9.17, 15) is 13.2 Å². The van der Waals surface area contributed by atoms with Crippen LogP contribution in [-0.4, -0.2) is 16.7 Å². The van der Waals surface area contributed by atoms with Crippen molar-refractivity contribution in [3.8, 4) is 17.1 Å². The Balaban J connectivity index is 1.98. The normalized spacial score (nSPS) is 11.8. The Hall–Kier alpha value is -2.05. The van der Waals surface area contributed by atoms with Crippen LogP contribution in [0.2, 0.25) is 0 Å².